The first-order valence-corrected chi connectivity index (χ1v) is 14.1. The lowest BCUT2D eigenvalue weighted by atomic mass is 10.2. The SMILES string of the molecule is COc1ccc(CNc2cc(Cl)nnc2SCCO[Si](C)(C)C(C)(C)C)c(OC)c1. The number of methoxy groups -OCH3 is 2. The Morgan fingerprint density at radius 2 is 1.83 bits per heavy atom. The zero-order valence-electron chi connectivity index (χ0n) is 18.8. The van der Waals surface area contributed by atoms with E-state index >= 15 is 0 Å². The molecule has 2 aromatic rings. The van der Waals surface area contributed by atoms with Gasteiger partial charge in [-0.1, -0.05) is 32.4 Å². The van der Waals surface area contributed by atoms with Crippen LogP contribution in [-0.2, 0) is 11.0 Å². The second-order valence-corrected chi connectivity index (χ2v) is 14.7. The molecular weight excluding hydrogens is 438 g/mol. The van der Waals surface area contributed by atoms with Gasteiger partial charge in [-0.3, -0.25) is 0 Å². The van der Waals surface area contributed by atoms with E-state index in [4.69, 9.17) is 25.5 Å². The molecule has 1 heterocycles. The van der Waals surface area contributed by atoms with Crippen molar-refractivity contribution in [2.75, 3.05) is 31.9 Å². The van der Waals surface area contributed by atoms with E-state index < -0.39 is 8.32 Å². The van der Waals surface area contributed by atoms with Gasteiger partial charge in [-0.2, -0.15) is 0 Å². The molecule has 1 N–H and O–H groups in total. The lowest BCUT2D eigenvalue weighted by molar-refractivity contribution is 0.311. The number of nitrogens with zero attached hydrogens (tertiary/aromatic N) is 2. The Hall–Kier alpha value is -1.48. The third kappa shape index (κ3) is 6.77. The summed E-state index contributed by atoms with van der Waals surface area (Å²) in [5.74, 6) is 2.30. The summed E-state index contributed by atoms with van der Waals surface area (Å²) in [6.45, 7) is 12.5. The minimum atomic E-state index is -1.75. The van der Waals surface area contributed by atoms with Crippen molar-refractivity contribution in [1.29, 1.82) is 0 Å². The predicted octanol–water partition coefficient (Wildman–Crippen LogP) is 5.87. The summed E-state index contributed by atoms with van der Waals surface area (Å²) in [4.78, 5) is 0. The summed E-state index contributed by atoms with van der Waals surface area (Å²) in [6.07, 6.45) is 0. The topological polar surface area (TPSA) is 65.5 Å². The van der Waals surface area contributed by atoms with Gasteiger partial charge in [0.25, 0.3) is 0 Å². The summed E-state index contributed by atoms with van der Waals surface area (Å²) in [5.41, 5.74) is 1.84. The first-order valence-electron chi connectivity index (χ1n) is 9.82. The molecule has 0 amide bonds. The third-order valence-corrected chi connectivity index (χ3v) is 11.0. The maximum absolute atomic E-state index is 6.26. The number of anilines is 1. The lowest BCUT2D eigenvalue weighted by Gasteiger charge is -2.36. The Kier molecular flexibility index (Phi) is 8.84. The van der Waals surface area contributed by atoms with E-state index in [0.717, 1.165) is 33.5 Å². The molecule has 166 valence electrons. The van der Waals surface area contributed by atoms with Gasteiger partial charge in [-0.15, -0.1) is 22.0 Å². The summed E-state index contributed by atoms with van der Waals surface area (Å²) in [6, 6.07) is 7.54. The highest BCUT2D eigenvalue weighted by atomic mass is 35.5. The predicted molar refractivity (Wildman–Crippen MR) is 128 cm³/mol. The first-order chi connectivity index (χ1) is 14.1. The number of thioether (sulfide) groups is 1. The van der Waals surface area contributed by atoms with Gasteiger partial charge in [-0.25, -0.2) is 0 Å². The van der Waals surface area contributed by atoms with Crippen molar-refractivity contribution in [3.63, 3.8) is 0 Å². The van der Waals surface area contributed by atoms with Gasteiger partial charge in [0.15, 0.2) is 13.5 Å². The zero-order chi connectivity index (χ0) is 22.4. The maximum atomic E-state index is 6.26. The molecular formula is C21H32ClN3O3SSi. The molecule has 9 heteroatoms. The first kappa shape index (κ1) is 24.8. The van der Waals surface area contributed by atoms with Crippen LogP contribution in [0.3, 0.4) is 0 Å². The molecule has 2 rings (SSSR count). The molecule has 0 aliphatic rings. The average Bonchev–Trinajstić information content (AvgIpc) is 2.69. The number of halogens is 1. The molecule has 1 aromatic carbocycles. The smallest absolute Gasteiger partial charge is 0.192 e. The molecule has 0 bridgehead atoms. The van der Waals surface area contributed by atoms with Crippen molar-refractivity contribution in [3.05, 3.63) is 35.0 Å². The van der Waals surface area contributed by atoms with E-state index in [2.05, 4.69) is 49.4 Å². The van der Waals surface area contributed by atoms with Gasteiger partial charge < -0.3 is 19.2 Å². The maximum Gasteiger partial charge on any atom is 0.192 e. The number of hydrogen-bond acceptors (Lipinski definition) is 7. The number of ether oxygens (including phenoxy) is 2. The van der Waals surface area contributed by atoms with Crippen LogP contribution in [0, 0.1) is 0 Å². The van der Waals surface area contributed by atoms with Gasteiger partial charge in [-0.05, 0) is 30.3 Å². The number of benzene rings is 1. The monoisotopic (exact) mass is 469 g/mol. The number of rotatable bonds is 10. The Balaban J connectivity index is 2.02. The highest BCUT2D eigenvalue weighted by molar-refractivity contribution is 7.99. The van der Waals surface area contributed by atoms with Crippen LogP contribution < -0.4 is 14.8 Å². The van der Waals surface area contributed by atoms with E-state index in [1.54, 1.807) is 32.0 Å². The van der Waals surface area contributed by atoms with Crippen LogP contribution in [0.15, 0.2) is 29.3 Å². The standard InChI is InChI=1S/C21H32ClN3O3SSi/c1-21(2,3)30(6,7)28-10-11-29-20-17(13-19(22)24-25-20)23-14-15-8-9-16(26-4)12-18(15)27-5/h8-9,12-13H,10-11,14H2,1-7H3,(H,23,24). The fourth-order valence-electron chi connectivity index (χ4n) is 2.43. The van der Waals surface area contributed by atoms with Crippen LogP contribution in [0.2, 0.25) is 23.3 Å². The number of nitrogens with one attached hydrogen (secondary N) is 1. The summed E-state index contributed by atoms with van der Waals surface area (Å²) >= 11 is 7.69. The van der Waals surface area contributed by atoms with Crippen LogP contribution >= 0.6 is 23.4 Å². The molecule has 0 fully saturated rings. The molecule has 0 saturated heterocycles. The lowest BCUT2D eigenvalue weighted by Crippen LogP contribution is -2.41. The largest absolute Gasteiger partial charge is 0.497 e. The molecule has 6 nitrogen and oxygen atoms in total. The Morgan fingerprint density at radius 3 is 2.47 bits per heavy atom. The second kappa shape index (κ2) is 10.7. The third-order valence-electron chi connectivity index (χ3n) is 5.28. The van der Waals surface area contributed by atoms with Crippen molar-refractivity contribution < 1.29 is 13.9 Å². The van der Waals surface area contributed by atoms with Crippen molar-refractivity contribution in [2.45, 2.75) is 50.5 Å². The molecule has 0 aliphatic heterocycles. The number of aromatic nitrogens is 2. The van der Waals surface area contributed by atoms with Gasteiger partial charge in [0.2, 0.25) is 0 Å². The van der Waals surface area contributed by atoms with Gasteiger partial charge in [0.05, 0.1) is 19.9 Å². The van der Waals surface area contributed by atoms with E-state index in [1.165, 1.54) is 0 Å². The summed E-state index contributed by atoms with van der Waals surface area (Å²) in [7, 11) is 1.53. The van der Waals surface area contributed by atoms with Crippen molar-refractivity contribution in [3.8, 4) is 11.5 Å². The van der Waals surface area contributed by atoms with Crippen molar-refractivity contribution >= 4 is 37.4 Å². The molecule has 0 aliphatic carbocycles. The molecule has 0 spiro atoms. The van der Waals surface area contributed by atoms with Crippen LogP contribution in [0.1, 0.15) is 26.3 Å². The van der Waals surface area contributed by atoms with E-state index in [0.29, 0.717) is 18.3 Å². The fourth-order valence-corrected chi connectivity index (χ4v) is 4.52. The summed E-state index contributed by atoms with van der Waals surface area (Å²) < 4.78 is 17.0. The average molecular weight is 470 g/mol. The Morgan fingerprint density at radius 1 is 1.10 bits per heavy atom. The molecule has 0 saturated carbocycles. The number of hydrogen-bond donors (Lipinski definition) is 1. The Labute approximate surface area is 190 Å². The van der Waals surface area contributed by atoms with Crippen LogP contribution in [0.4, 0.5) is 5.69 Å². The molecule has 0 radical (unpaired) electrons. The van der Waals surface area contributed by atoms with Crippen LogP contribution in [0.5, 0.6) is 11.5 Å². The van der Waals surface area contributed by atoms with Gasteiger partial charge in [0.1, 0.15) is 16.5 Å². The minimum absolute atomic E-state index is 0.196. The second-order valence-electron chi connectivity index (χ2n) is 8.37. The molecule has 0 unspecified atom stereocenters. The van der Waals surface area contributed by atoms with E-state index in [1.807, 2.05) is 18.2 Å². The van der Waals surface area contributed by atoms with Crippen LogP contribution in [-0.4, -0.2) is 45.1 Å². The van der Waals surface area contributed by atoms with E-state index in [9.17, 15) is 0 Å². The van der Waals surface area contributed by atoms with Crippen molar-refractivity contribution in [1.82, 2.24) is 10.2 Å². The highest BCUT2D eigenvalue weighted by Crippen LogP contribution is 2.37. The highest BCUT2D eigenvalue weighted by Gasteiger charge is 2.36. The summed E-state index contributed by atoms with van der Waals surface area (Å²) in [5, 5.41) is 13.0. The van der Waals surface area contributed by atoms with Crippen molar-refractivity contribution in [2.24, 2.45) is 0 Å². The van der Waals surface area contributed by atoms with Gasteiger partial charge in [0, 0.05) is 36.6 Å². The van der Waals surface area contributed by atoms with E-state index in [-0.39, 0.29) is 5.04 Å². The molecule has 1 aromatic heterocycles. The molecule has 30 heavy (non-hydrogen) atoms. The van der Waals surface area contributed by atoms with Gasteiger partial charge >= 0.3 is 0 Å². The normalized spacial score (nSPS) is 12.0. The Bertz CT molecular complexity index is 847. The quantitative estimate of drug-likeness (QED) is 0.265. The van der Waals surface area contributed by atoms with Crippen LogP contribution in [0.25, 0.3) is 0 Å². The molecule has 0 atom stereocenters. The zero-order valence-corrected chi connectivity index (χ0v) is 21.4. The minimum Gasteiger partial charge on any atom is -0.497 e. The fraction of sp³-hybridized carbons (Fsp3) is 0.524.